The maximum absolute atomic E-state index is 14.2. The minimum Gasteiger partial charge on any atom is -0.494 e. The zero-order valence-electron chi connectivity index (χ0n) is 14.0. The molecule has 2 unspecified atom stereocenters. The third kappa shape index (κ3) is 3.44. The molecule has 0 aliphatic carbocycles. The van der Waals surface area contributed by atoms with Gasteiger partial charge in [-0.3, -0.25) is 0 Å². The summed E-state index contributed by atoms with van der Waals surface area (Å²) in [6.07, 6.45) is 0.671. The minimum absolute atomic E-state index is 0.00260. The molecule has 0 aromatic heterocycles. The van der Waals surface area contributed by atoms with Crippen molar-refractivity contribution in [1.82, 2.24) is 0 Å². The van der Waals surface area contributed by atoms with Gasteiger partial charge in [0.25, 0.3) is 0 Å². The molecule has 2 atom stereocenters. The van der Waals surface area contributed by atoms with Gasteiger partial charge in [0, 0.05) is 11.5 Å². The molecule has 0 radical (unpaired) electrons. The summed E-state index contributed by atoms with van der Waals surface area (Å²) < 4.78 is 57.3. The van der Waals surface area contributed by atoms with Gasteiger partial charge >= 0.3 is 0 Å². The first-order chi connectivity index (χ1) is 12.0. The van der Waals surface area contributed by atoms with E-state index >= 15 is 0 Å². The molecule has 0 bridgehead atoms. The van der Waals surface area contributed by atoms with Crippen molar-refractivity contribution in [3.05, 3.63) is 58.9 Å². The molecule has 0 saturated carbocycles. The van der Waals surface area contributed by atoms with Crippen molar-refractivity contribution in [2.75, 3.05) is 20.8 Å². The van der Waals surface area contributed by atoms with Gasteiger partial charge in [-0.15, -0.1) is 0 Å². The molecule has 1 aliphatic rings. The topological polar surface area (TPSA) is 27.7 Å². The highest BCUT2D eigenvalue weighted by atomic mass is 19.2. The van der Waals surface area contributed by atoms with E-state index in [0.717, 1.165) is 5.56 Å². The van der Waals surface area contributed by atoms with Gasteiger partial charge < -0.3 is 14.2 Å². The Bertz CT molecular complexity index is 756. The molecule has 6 heteroatoms. The van der Waals surface area contributed by atoms with Gasteiger partial charge in [0.2, 0.25) is 5.82 Å². The van der Waals surface area contributed by atoms with Gasteiger partial charge in [-0.05, 0) is 42.7 Å². The average molecular weight is 352 g/mol. The monoisotopic (exact) mass is 352 g/mol. The van der Waals surface area contributed by atoms with E-state index in [9.17, 15) is 13.2 Å². The highest BCUT2D eigenvalue weighted by Gasteiger charge is 2.28. The van der Waals surface area contributed by atoms with Crippen LogP contribution in [0.2, 0.25) is 0 Å². The molecule has 0 spiro atoms. The van der Waals surface area contributed by atoms with Gasteiger partial charge in [0.05, 0.1) is 26.9 Å². The fraction of sp³-hybridized carbons (Fsp3) is 0.368. The summed E-state index contributed by atoms with van der Waals surface area (Å²) in [5, 5.41) is 0. The standard InChI is InChI=1S/C19H19F3O3/c1-23-16-7-3-11(9-14(16)20)12-4-6-15(25-10-12)13-5-8-17(24-2)19(22)18(13)21/h3,5,7-9,12,15H,4,6,10H2,1-2H3. The molecule has 3 rings (SSSR count). The van der Waals surface area contributed by atoms with E-state index in [2.05, 4.69) is 0 Å². The molecule has 2 aromatic carbocycles. The van der Waals surface area contributed by atoms with Crippen molar-refractivity contribution in [2.45, 2.75) is 24.9 Å². The van der Waals surface area contributed by atoms with Crippen molar-refractivity contribution < 1.29 is 27.4 Å². The van der Waals surface area contributed by atoms with Gasteiger partial charge in [0.15, 0.2) is 23.1 Å². The number of halogens is 3. The molecule has 0 N–H and O–H groups in total. The Balaban J connectivity index is 1.72. The van der Waals surface area contributed by atoms with E-state index < -0.39 is 23.6 Å². The van der Waals surface area contributed by atoms with Gasteiger partial charge in [-0.25, -0.2) is 8.78 Å². The maximum Gasteiger partial charge on any atom is 0.200 e. The predicted molar refractivity (Wildman–Crippen MR) is 86.5 cm³/mol. The van der Waals surface area contributed by atoms with E-state index in [1.54, 1.807) is 12.1 Å². The average Bonchev–Trinajstić information content (AvgIpc) is 2.64. The Kier molecular flexibility index (Phi) is 5.18. The van der Waals surface area contributed by atoms with Gasteiger partial charge in [0.1, 0.15) is 0 Å². The molecule has 1 heterocycles. The van der Waals surface area contributed by atoms with Crippen LogP contribution in [0.25, 0.3) is 0 Å². The molecule has 1 saturated heterocycles. The summed E-state index contributed by atoms with van der Waals surface area (Å²) in [6, 6.07) is 7.68. The molecule has 2 aromatic rings. The van der Waals surface area contributed by atoms with Crippen LogP contribution in [0, 0.1) is 17.5 Å². The maximum atomic E-state index is 14.2. The third-order valence-corrected chi connectivity index (χ3v) is 4.57. The highest BCUT2D eigenvalue weighted by molar-refractivity contribution is 5.34. The smallest absolute Gasteiger partial charge is 0.200 e. The number of hydrogen-bond donors (Lipinski definition) is 0. The number of benzene rings is 2. The largest absolute Gasteiger partial charge is 0.494 e. The summed E-state index contributed by atoms with van der Waals surface area (Å²) in [5.74, 6) is -2.33. The highest BCUT2D eigenvalue weighted by Crippen LogP contribution is 2.38. The number of hydrogen-bond acceptors (Lipinski definition) is 3. The molecule has 1 fully saturated rings. The first kappa shape index (κ1) is 17.6. The van der Waals surface area contributed by atoms with Crippen LogP contribution in [0.4, 0.5) is 13.2 Å². The second kappa shape index (κ2) is 7.35. The van der Waals surface area contributed by atoms with Crippen LogP contribution in [-0.2, 0) is 4.74 Å². The van der Waals surface area contributed by atoms with Crippen molar-refractivity contribution in [1.29, 1.82) is 0 Å². The summed E-state index contributed by atoms with van der Waals surface area (Å²) in [7, 11) is 2.70. The zero-order valence-corrected chi connectivity index (χ0v) is 14.0. The second-order valence-corrected chi connectivity index (χ2v) is 5.98. The zero-order chi connectivity index (χ0) is 18.0. The minimum atomic E-state index is -1.01. The Morgan fingerprint density at radius 3 is 2.24 bits per heavy atom. The van der Waals surface area contributed by atoms with E-state index in [0.29, 0.717) is 19.4 Å². The Labute approximate surface area is 144 Å². The van der Waals surface area contributed by atoms with Crippen LogP contribution in [0.1, 0.15) is 36.0 Å². The van der Waals surface area contributed by atoms with Crippen LogP contribution in [0.15, 0.2) is 30.3 Å². The number of methoxy groups -OCH3 is 2. The van der Waals surface area contributed by atoms with Crippen LogP contribution in [0.3, 0.4) is 0 Å². The molecule has 1 aliphatic heterocycles. The number of ether oxygens (including phenoxy) is 3. The summed E-state index contributed by atoms with van der Waals surface area (Å²) in [5.41, 5.74) is 0.982. The Morgan fingerprint density at radius 2 is 1.64 bits per heavy atom. The lowest BCUT2D eigenvalue weighted by Crippen LogP contribution is -2.20. The lowest BCUT2D eigenvalue weighted by molar-refractivity contribution is -0.0000375. The summed E-state index contributed by atoms with van der Waals surface area (Å²) >= 11 is 0. The molecule has 134 valence electrons. The molecular formula is C19H19F3O3. The molecule has 25 heavy (non-hydrogen) atoms. The van der Waals surface area contributed by atoms with Gasteiger partial charge in [-0.1, -0.05) is 6.07 Å². The summed E-state index contributed by atoms with van der Waals surface area (Å²) in [6.45, 7) is 0.309. The first-order valence-electron chi connectivity index (χ1n) is 8.02. The SMILES string of the molecule is COc1ccc(C2CCC(c3ccc(OC)c(F)c3F)OC2)cc1F. The summed E-state index contributed by atoms with van der Waals surface area (Å²) in [4.78, 5) is 0. The first-order valence-corrected chi connectivity index (χ1v) is 8.02. The van der Waals surface area contributed by atoms with E-state index in [1.807, 2.05) is 0 Å². The van der Waals surface area contributed by atoms with Crippen LogP contribution in [-0.4, -0.2) is 20.8 Å². The van der Waals surface area contributed by atoms with Crippen molar-refractivity contribution >= 4 is 0 Å². The van der Waals surface area contributed by atoms with Crippen molar-refractivity contribution in [3.8, 4) is 11.5 Å². The molecular weight excluding hydrogens is 333 g/mol. The fourth-order valence-corrected chi connectivity index (χ4v) is 3.15. The normalized spacial score (nSPS) is 20.4. The van der Waals surface area contributed by atoms with E-state index in [4.69, 9.17) is 14.2 Å². The lowest BCUT2D eigenvalue weighted by Gasteiger charge is -2.30. The van der Waals surface area contributed by atoms with Gasteiger partial charge in [-0.2, -0.15) is 4.39 Å². The Morgan fingerprint density at radius 1 is 0.920 bits per heavy atom. The Hall–Kier alpha value is -2.21. The van der Waals surface area contributed by atoms with Crippen LogP contribution in [0.5, 0.6) is 11.5 Å². The van der Waals surface area contributed by atoms with Crippen LogP contribution < -0.4 is 9.47 Å². The quantitative estimate of drug-likeness (QED) is 0.794. The molecule has 3 nitrogen and oxygen atoms in total. The van der Waals surface area contributed by atoms with Crippen LogP contribution >= 0.6 is 0 Å². The second-order valence-electron chi connectivity index (χ2n) is 5.98. The van der Waals surface area contributed by atoms with E-state index in [1.165, 1.54) is 32.4 Å². The predicted octanol–water partition coefficient (Wildman–Crippen LogP) is 4.76. The lowest BCUT2D eigenvalue weighted by atomic mass is 9.89. The van der Waals surface area contributed by atoms with Crippen molar-refractivity contribution in [3.63, 3.8) is 0 Å². The van der Waals surface area contributed by atoms with E-state index in [-0.39, 0.29) is 23.0 Å². The fourth-order valence-electron chi connectivity index (χ4n) is 3.15. The number of rotatable bonds is 4. The molecule has 0 amide bonds. The third-order valence-electron chi connectivity index (χ3n) is 4.57. The van der Waals surface area contributed by atoms with Crippen molar-refractivity contribution in [2.24, 2.45) is 0 Å².